The second kappa shape index (κ2) is 7.63. The van der Waals surface area contributed by atoms with E-state index in [2.05, 4.69) is 10.6 Å². The largest absolute Gasteiger partial charge is 0.478 e. The van der Waals surface area contributed by atoms with Gasteiger partial charge < -0.3 is 25.8 Å². The normalized spacial score (nSPS) is 22.6. The molecule has 0 aromatic heterocycles. The van der Waals surface area contributed by atoms with Crippen molar-refractivity contribution < 1.29 is 19.1 Å². The third-order valence-corrected chi connectivity index (χ3v) is 5.37. The number of nitrogens with two attached hydrogens (primary N) is 1. The molecule has 142 valence electrons. The predicted octanol–water partition coefficient (Wildman–Crippen LogP) is 1.73. The number of rotatable bonds is 5. The predicted molar refractivity (Wildman–Crippen MR) is 97.9 cm³/mol. The van der Waals surface area contributed by atoms with Crippen LogP contribution in [0.25, 0.3) is 0 Å². The number of hydrogen-bond donors (Lipinski definition) is 3. The minimum Gasteiger partial charge on any atom is -0.478 e. The highest BCUT2D eigenvalue weighted by atomic mass is 16.5. The van der Waals surface area contributed by atoms with Gasteiger partial charge in [0.15, 0.2) is 6.10 Å². The first kappa shape index (κ1) is 18.7. The Morgan fingerprint density at radius 1 is 1.42 bits per heavy atom. The van der Waals surface area contributed by atoms with E-state index >= 15 is 0 Å². The average Bonchev–Trinajstić information content (AvgIpc) is 2.67. The van der Waals surface area contributed by atoms with Crippen molar-refractivity contribution in [2.45, 2.75) is 45.3 Å². The van der Waals surface area contributed by atoms with Gasteiger partial charge in [-0.15, -0.1) is 0 Å². The maximum absolute atomic E-state index is 12.8. The molecule has 1 aromatic carbocycles. The molecule has 1 saturated heterocycles. The Morgan fingerprint density at radius 2 is 2.15 bits per heavy atom. The molecule has 26 heavy (non-hydrogen) atoms. The Bertz CT molecular complexity index is 685. The molecule has 0 bridgehead atoms. The molecule has 1 aromatic rings. The van der Waals surface area contributed by atoms with Crippen LogP contribution in [0.5, 0.6) is 5.75 Å². The van der Waals surface area contributed by atoms with Crippen LogP contribution in [-0.4, -0.2) is 37.7 Å². The minimum atomic E-state index is -0.557. The molecule has 0 aliphatic carbocycles. The second-order valence-electron chi connectivity index (χ2n) is 7.05. The van der Waals surface area contributed by atoms with Crippen molar-refractivity contribution in [2.75, 3.05) is 25.1 Å². The molecule has 2 amide bonds. The van der Waals surface area contributed by atoms with Crippen LogP contribution in [0.1, 0.15) is 44.7 Å². The molecule has 2 unspecified atom stereocenters. The van der Waals surface area contributed by atoms with Crippen molar-refractivity contribution in [3.8, 4) is 5.75 Å². The summed E-state index contributed by atoms with van der Waals surface area (Å²) in [6.45, 7) is 5.27. The van der Waals surface area contributed by atoms with Gasteiger partial charge in [-0.25, -0.2) is 0 Å². The molecule has 4 N–H and O–H groups in total. The Balaban J connectivity index is 1.73. The van der Waals surface area contributed by atoms with Crippen LogP contribution >= 0.6 is 0 Å². The lowest BCUT2D eigenvalue weighted by atomic mass is 9.79. The van der Waals surface area contributed by atoms with Crippen LogP contribution in [0.3, 0.4) is 0 Å². The van der Waals surface area contributed by atoms with Crippen molar-refractivity contribution in [1.29, 1.82) is 0 Å². The summed E-state index contributed by atoms with van der Waals surface area (Å²) in [5.74, 6) is 0.474. The van der Waals surface area contributed by atoms with Crippen LogP contribution in [0.4, 0.5) is 5.69 Å². The smallest absolute Gasteiger partial charge is 0.265 e. The zero-order valence-electron chi connectivity index (χ0n) is 15.3. The van der Waals surface area contributed by atoms with Gasteiger partial charge in [0.05, 0.1) is 17.1 Å². The zero-order valence-corrected chi connectivity index (χ0v) is 15.3. The van der Waals surface area contributed by atoms with Crippen molar-refractivity contribution in [2.24, 2.45) is 11.1 Å². The summed E-state index contributed by atoms with van der Waals surface area (Å²) >= 11 is 0. The topological polar surface area (TPSA) is 103 Å². The lowest BCUT2D eigenvalue weighted by Crippen LogP contribution is -2.49. The molecule has 2 heterocycles. The number of anilines is 1. The van der Waals surface area contributed by atoms with Crippen molar-refractivity contribution in [3.63, 3.8) is 0 Å². The van der Waals surface area contributed by atoms with E-state index in [4.69, 9.17) is 15.2 Å². The quantitative estimate of drug-likeness (QED) is 0.741. The first-order chi connectivity index (χ1) is 12.5. The molecule has 3 rings (SSSR count). The molecule has 0 radical (unpaired) electrons. The van der Waals surface area contributed by atoms with Crippen molar-refractivity contribution >= 4 is 17.5 Å². The molecule has 0 spiro atoms. The summed E-state index contributed by atoms with van der Waals surface area (Å²) < 4.78 is 11.2. The number of nitrogens with one attached hydrogen (secondary N) is 2. The van der Waals surface area contributed by atoms with E-state index in [9.17, 15) is 9.59 Å². The summed E-state index contributed by atoms with van der Waals surface area (Å²) in [7, 11) is 0. The lowest BCUT2D eigenvalue weighted by Gasteiger charge is -2.35. The number of fused-ring (bicyclic) bond motifs is 1. The molecule has 7 heteroatoms. The molecule has 2 atom stereocenters. The Kier molecular flexibility index (Phi) is 5.48. The average molecular weight is 361 g/mol. The SMILES string of the molecule is CCC1Oc2cc(C(C)NC(=O)C3(CN)CCOCC3)ccc2NC1=O. The Morgan fingerprint density at radius 3 is 2.81 bits per heavy atom. The monoisotopic (exact) mass is 361 g/mol. The summed E-state index contributed by atoms with van der Waals surface area (Å²) in [5.41, 5.74) is 6.93. The van der Waals surface area contributed by atoms with E-state index in [0.29, 0.717) is 50.5 Å². The standard InChI is InChI=1S/C19H27N3O4/c1-3-15-17(23)22-14-5-4-13(10-16(14)26-15)12(2)21-18(24)19(11-20)6-8-25-9-7-19/h4-5,10,12,15H,3,6-9,11,20H2,1-2H3,(H,21,24)(H,22,23). The number of ether oxygens (including phenoxy) is 2. The van der Waals surface area contributed by atoms with Gasteiger partial charge in [-0.2, -0.15) is 0 Å². The molecule has 0 saturated carbocycles. The first-order valence-corrected chi connectivity index (χ1v) is 9.19. The molecule has 1 fully saturated rings. The fourth-order valence-electron chi connectivity index (χ4n) is 3.42. The minimum absolute atomic E-state index is 0.0332. The third-order valence-electron chi connectivity index (χ3n) is 5.37. The maximum Gasteiger partial charge on any atom is 0.265 e. The highest BCUT2D eigenvalue weighted by Gasteiger charge is 2.39. The summed E-state index contributed by atoms with van der Waals surface area (Å²) in [5, 5.41) is 5.93. The Labute approximate surface area is 153 Å². The third kappa shape index (κ3) is 3.54. The van der Waals surface area contributed by atoms with Gasteiger partial charge in [0.1, 0.15) is 5.75 Å². The molecular weight excluding hydrogens is 334 g/mol. The number of carbonyl (C=O) groups is 2. The van der Waals surface area contributed by atoms with E-state index in [1.165, 1.54) is 0 Å². The van der Waals surface area contributed by atoms with Crippen LogP contribution in [0.15, 0.2) is 18.2 Å². The van der Waals surface area contributed by atoms with Gasteiger partial charge in [-0.1, -0.05) is 13.0 Å². The van der Waals surface area contributed by atoms with Crippen molar-refractivity contribution in [3.05, 3.63) is 23.8 Å². The zero-order chi connectivity index (χ0) is 18.7. The molecular formula is C19H27N3O4. The van der Waals surface area contributed by atoms with Crippen LogP contribution in [-0.2, 0) is 14.3 Å². The second-order valence-corrected chi connectivity index (χ2v) is 7.05. The Hall–Kier alpha value is -2.12. The van der Waals surface area contributed by atoms with Gasteiger partial charge in [0.25, 0.3) is 5.91 Å². The van der Waals surface area contributed by atoms with Crippen LogP contribution < -0.4 is 21.1 Å². The number of benzene rings is 1. The van der Waals surface area contributed by atoms with E-state index in [-0.39, 0.29) is 17.9 Å². The number of carbonyl (C=O) groups excluding carboxylic acids is 2. The van der Waals surface area contributed by atoms with Gasteiger partial charge in [-0.3, -0.25) is 9.59 Å². The van der Waals surface area contributed by atoms with E-state index < -0.39 is 11.5 Å². The van der Waals surface area contributed by atoms with Crippen LogP contribution in [0, 0.1) is 5.41 Å². The van der Waals surface area contributed by atoms with E-state index in [1.54, 1.807) is 0 Å². The maximum atomic E-state index is 12.8. The number of hydrogen-bond acceptors (Lipinski definition) is 5. The van der Waals surface area contributed by atoms with Gasteiger partial charge >= 0.3 is 0 Å². The van der Waals surface area contributed by atoms with Crippen LogP contribution in [0.2, 0.25) is 0 Å². The van der Waals surface area contributed by atoms with E-state index in [1.807, 2.05) is 32.0 Å². The summed E-state index contributed by atoms with van der Waals surface area (Å²) in [6.07, 6.45) is 1.40. The van der Waals surface area contributed by atoms with Gasteiger partial charge in [0.2, 0.25) is 5.91 Å². The first-order valence-electron chi connectivity index (χ1n) is 9.19. The highest BCUT2D eigenvalue weighted by Crippen LogP contribution is 2.34. The molecule has 2 aliphatic rings. The molecule has 7 nitrogen and oxygen atoms in total. The lowest BCUT2D eigenvalue weighted by molar-refractivity contribution is -0.136. The highest BCUT2D eigenvalue weighted by molar-refractivity contribution is 5.97. The fourth-order valence-corrected chi connectivity index (χ4v) is 3.42. The van der Waals surface area contributed by atoms with Gasteiger partial charge in [0, 0.05) is 19.8 Å². The summed E-state index contributed by atoms with van der Waals surface area (Å²) in [6, 6.07) is 5.38. The number of amides is 2. The van der Waals surface area contributed by atoms with E-state index in [0.717, 1.165) is 5.56 Å². The fraction of sp³-hybridized carbons (Fsp3) is 0.579. The molecule has 2 aliphatic heterocycles. The van der Waals surface area contributed by atoms with Crippen molar-refractivity contribution in [1.82, 2.24) is 5.32 Å². The van der Waals surface area contributed by atoms with Gasteiger partial charge in [-0.05, 0) is 43.9 Å². The summed E-state index contributed by atoms with van der Waals surface area (Å²) in [4.78, 5) is 24.7.